The lowest BCUT2D eigenvalue weighted by molar-refractivity contribution is 0.261. The summed E-state index contributed by atoms with van der Waals surface area (Å²) in [4.78, 5) is 0. The standard InChI is InChI=1S/C10H14O/c1-8-2-3-10-7-11-5-4-9(10)6-8/h4-5,8H,2-3,6-7H2,1H3. The molecule has 2 aliphatic rings. The SMILES string of the molecule is CC1CCC2=C(C=COC2)C1. The van der Waals surface area contributed by atoms with Gasteiger partial charge in [-0.2, -0.15) is 0 Å². The van der Waals surface area contributed by atoms with Crippen LogP contribution in [0.3, 0.4) is 0 Å². The number of hydrogen-bond donors (Lipinski definition) is 0. The molecule has 0 N–H and O–H groups in total. The van der Waals surface area contributed by atoms with Crippen LogP contribution in [-0.2, 0) is 4.74 Å². The van der Waals surface area contributed by atoms with Gasteiger partial charge in [0.25, 0.3) is 0 Å². The van der Waals surface area contributed by atoms with Gasteiger partial charge < -0.3 is 4.74 Å². The Hall–Kier alpha value is -0.720. The van der Waals surface area contributed by atoms with Crippen molar-refractivity contribution in [3.05, 3.63) is 23.5 Å². The summed E-state index contributed by atoms with van der Waals surface area (Å²) >= 11 is 0. The van der Waals surface area contributed by atoms with Crippen LogP contribution in [0.4, 0.5) is 0 Å². The summed E-state index contributed by atoms with van der Waals surface area (Å²) in [7, 11) is 0. The summed E-state index contributed by atoms with van der Waals surface area (Å²) in [5, 5.41) is 0. The van der Waals surface area contributed by atoms with E-state index in [9.17, 15) is 0 Å². The van der Waals surface area contributed by atoms with Crippen LogP contribution in [0.25, 0.3) is 0 Å². The Morgan fingerprint density at radius 1 is 1.55 bits per heavy atom. The fourth-order valence-corrected chi connectivity index (χ4v) is 1.83. The van der Waals surface area contributed by atoms with Crippen LogP contribution in [0, 0.1) is 5.92 Å². The Morgan fingerprint density at radius 3 is 3.36 bits per heavy atom. The van der Waals surface area contributed by atoms with Crippen molar-refractivity contribution in [3.8, 4) is 0 Å². The van der Waals surface area contributed by atoms with Crippen LogP contribution in [0.1, 0.15) is 26.2 Å². The Labute approximate surface area is 67.7 Å². The fourth-order valence-electron chi connectivity index (χ4n) is 1.83. The Bertz CT molecular complexity index is 213. The van der Waals surface area contributed by atoms with E-state index < -0.39 is 0 Å². The molecule has 0 saturated heterocycles. The number of ether oxygens (including phenoxy) is 1. The summed E-state index contributed by atoms with van der Waals surface area (Å²) < 4.78 is 5.24. The van der Waals surface area contributed by atoms with E-state index in [2.05, 4.69) is 13.0 Å². The van der Waals surface area contributed by atoms with Crippen molar-refractivity contribution in [2.24, 2.45) is 5.92 Å². The van der Waals surface area contributed by atoms with Gasteiger partial charge in [0.1, 0.15) is 6.61 Å². The average molecular weight is 150 g/mol. The third-order valence-electron chi connectivity index (χ3n) is 2.58. The molecule has 1 aliphatic carbocycles. The Kier molecular flexibility index (Phi) is 1.72. The van der Waals surface area contributed by atoms with Crippen LogP contribution in [0.2, 0.25) is 0 Å². The van der Waals surface area contributed by atoms with E-state index in [0.29, 0.717) is 0 Å². The van der Waals surface area contributed by atoms with Crippen molar-refractivity contribution in [3.63, 3.8) is 0 Å². The van der Waals surface area contributed by atoms with Gasteiger partial charge in [-0.25, -0.2) is 0 Å². The average Bonchev–Trinajstić information content (AvgIpc) is 2.04. The molecule has 1 aliphatic heterocycles. The van der Waals surface area contributed by atoms with Gasteiger partial charge in [-0.15, -0.1) is 0 Å². The highest BCUT2D eigenvalue weighted by atomic mass is 16.5. The second-order valence-electron chi connectivity index (χ2n) is 3.59. The molecule has 0 saturated carbocycles. The molecule has 0 fully saturated rings. The number of allylic oxidation sites excluding steroid dienone is 2. The smallest absolute Gasteiger partial charge is 0.109 e. The third kappa shape index (κ3) is 1.32. The van der Waals surface area contributed by atoms with Gasteiger partial charge in [-0.05, 0) is 42.4 Å². The lowest BCUT2D eigenvalue weighted by Gasteiger charge is -2.25. The second-order valence-corrected chi connectivity index (χ2v) is 3.59. The molecule has 0 aromatic carbocycles. The van der Waals surface area contributed by atoms with E-state index in [4.69, 9.17) is 4.74 Å². The molecule has 1 heteroatoms. The molecule has 2 rings (SSSR count). The summed E-state index contributed by atoms with van der Waals surface area (Å²) in [5.41, 5.74) is 3.07. The van der Waals surface area contributed by atoms with E-state index in [-0.39, 0.29) is 0 Å². The molecular formula is C10H14O. The molecule has 11 heavy (non-hydrogen) atoms. The molecule has 1 atom stereocenters. The van der Waals surface area contributed by atoms with E-state index in [1.165, 1.54) is 30.4 Å². The van der Waals surface area contributed by atoms with Crippen LogP contribution in [0.5, 0.6) is 0 Å². The number of hydrogen-bond acceptors (Lipinski definition) is 1. The first-order valence-corrected chi connectivity index (χ1v) is 4.35. The Balaban J connectivity index is 2.19. The van der Waals surface area contributed by atoms with Gasteiger partial charge >= 0.3 is 0 Å². The van der Waals surface area contributed by atoms with Crippen molar-refractivity contribution in [1.82, 2.24) is 0 Å². The summed E-state index contributed by atoms with van der Waals surface area (Å²) in [6, 6.07) is 0. The number of rotatable bonds is 0. The van der Waals surface area contributed by atoms with Crippen molar-refractivity contribution >= 4 is 0 Å². The minimum atomic E-state index is 0.846. The molecule has 0 spiro atoms. The van der Waals surface area contributed by atoms with E-state index in [0.717, 1.165) is 12.5 Å². The fraction of sp³-hybridized carbons (Fsp3) is 0.600. The van der Waals surface area contributed by atoms with Crippen molar-refractivity contribution in [2.75, 3.05) is 6.61 Å². The molecule has 0 aromatic rings. The molecule has 0 radical (unpaired) electrons. The van der Waals surface area contributed by atoms with Crippen LogP contribution in [0.15, 0.2) is 23.5 Å². The van der Waals surface area contributed by atoms with Crippen molar-refractivity contribution < 1.29 is 4.74 Å². The topological polar surface area (TPSA) is 9.23 Å². The minimum absolute atomic E-state index is 0.846. The van der Waals surface area contributed by atoms with Gasteiger partial charge in [-0.1, -0.05) is 6.92 Å². The first-order valence-electron chi connectivity index (χ1n) is 4.35. The highest BCUT2D eigenvalue weighted by molar-refractivity contribution is 5.30. The predicted octanol–water partition coefficient (Wildman–Crippen LogP) is 2.65. The summed E-state index contributed by atoms with van der Waals surface area (Å²) in [6.07, 6.45) is 7.82. The van der Waals surface area contributed by atoms with E-state index in [1.54, 1.807) is 0 Å². The molecular weight excluding hydrogens is 136 g/mol. The minimum Gasteiger partial charge on any atom is -0.497 e. The zero-order valence-corrected chi connectivity index (χ0v) is 6.97. The maximum Gasteiger partial charge on any atom is 0.109 e. The largest absolute Gasteiger partial charge is 0.497 e. The zero-order valence-electron chi connectivity index (χ0n) is 6.97. The second kappa shape index (κ2) is 2.72. The predicted molar refractivity (Wildman–Crippen MR) is 45.1 cm³/mol. The molecule has 60 valence electrons. The van der Waals surface area contributed by atoms with Crippen molar-refractivity contribution in [2.45, 2.75) is 26.2 Å². The molecule has 1 heterocycles. The molecule has 0 amide bonds. The lowest BCUT2D eigenvalue weighted by Crippen LogP contribution is -2.12. The first kappa shape index (κ1) is 6.96. The maximum atomic E-state index is 5.24. The maximum absolute atomic E-state index is 5.24. The van der Waals surface area contributed by atoms with Gasteiger partial charge in [0, 0.05) is 0 Å². The summed E-state index contributed by atoms with van der Waals surface area (Å²) in [5.74, 6) is 0.872. The monoisotopic (exact) mass is 150 g/mol. The molecule has 0 bridgehead atoms. The first-order chi connectivity index (χ1) is 5.36. The van der Waals surface area contributed by atoms with Crippen LogP contribution < -0.4 is 0 Å². The van der Waals surface area contributed by atoms with Crippen molar-refractivity contribution in [1.29, 1.82) is 0 Å². The zero-order chi connectivity index (χ0) is 7.68. The quantitative estimate of drug-likeness (QED) is 0.516. The van der Waals surface area contributed by atoms with Crippen LogP contribution >= 0.6 is 0 Å². The normalized spacial score (nSPS) is 29.7. The van der Waals surface area contributed by atoms with E-state index >= 15 is 0 Å². The van der Waals surface area contributed by atoms with E-state index in [1.807, 2.05) is 6.26 Å². The van der Waals surface area contributed by atoms with Gasteiger partial charge in [0.2, 0.25) is 0 Å². The lowest BCUT2D eigenvalue weighted by atomic mass is 9.85. The third-order valence-corrected chi connectivity index (χ3v) is 2.58. The molecule has 1 nitrogen and oxygen atoms in total. The van der Waals surface area contributed by atoms with Gasteiger partial charge in [0.15, 0.2) is 0 Å². The molecule has 0 aromatic heterocycles. The van der Waals surface area contributed by atoms with Gasteiger partial charge in [0.05, 0.1) is 6.26 Å². The van der Waals surface area contributed by atoms with Gasteiger partial charge in [-0.3, -0.25) is 0 Å². The molecule has 1 unspecified atom stereocenters. The summed E-state index contributed by atoms with van der Waals surface area (Å²) in [6.45, 7) is 3.17. The highest BCUT2D eigenvalue weighted by Crippen LogP contribution is 2.31. The highest BCUT2D eigenvalue weighted by Gasteiger charge is 2.17. The van der Waals surface area contributed by atoms with Crippen LogP contribution in [-0.4, -0.2) is 6.61 Å². The Morgan fingerprint density at radius 2 is 2.45 bits per heavy atom.